The van der Waals surface area contributed by atoms with Crippen molar-refractivity contribution < 1.29 is 0 Å². The molecule has 3 aromatic rings. The lowest BCUT2D eigenvalue weighted by molar-refractivity contribution is 0.203. The molecule has 0 bridgehead atoms. The number of fused-ring (bicyclic) bond motifs is 2. The van der Waals surface area contributed by atoms with Crippen molar-refractivity contribution in [3.8, 4) is 0 Å². The molecule has 0 amide bonds. The number of hydrogen-bond donors (Lipinski definition) is 1. The van der Waals surface area contributed by atoms with E-state index in [2.05, 4.69) is 35.8 Å². The van der Waals surface area contributed by atoms with Gasteiger partial charge >= 0.3 is 0 Å². The maximum atomic E-state index is 12.1. The van der Waals surface area contributed by atoms with E-state index in [-0.39, 0.29) is 5.56 Å². The van der Waals surface area contributed by atoms with Gasteiger partial charge in [0, 0.05) is 25.7 Å². The molecule has 0 aliphatic carbocycles. The molecule has 0 saturated carbocycles. The van der Waals surface area contributed by atoms with Crippen LogP contribution in [0, 0.1) is 13.8 Å². The molecule has 8 nitrogen and oxygen atoms in total. The molecule has 4 heterocycles. The third-order valence-corrected chi connectivity index (χ3v) is 3.88. The summed E-state index contributed by atoms with van der Waals surface area (Å²) in [5.74, 6) is 1.11. The normalized spacial score (nSPS) is 15.4. The van der Waals surface area contributed by atoms with E-state index in [4.69, 9.17) is 0 Å². The summed E-state index contributed by atoms with van der Waals surface area (Å²) in [6.07, 6.45) is 0. The van der Waals surface area contributed by atoms with Gasteiger partial charge in [0.1, 0.15) is 5.82 Å². The standard InChI is InChI=1S/C14H17N7O/c1-9-5-12-8-19(3-4-20(12)17-9)7-11-6-13(22)21-14(16-11)15-10(2)18-21/h5-6H,3-4,7-8H2,1-2H3,(H,15,16,18). The van der Waals surface area contributed by atoms with Crippen LogP contribution in [0.1, 0.15) is 22.9 Å². The lowest BCUT2D eigenvalue weighted by Gasteiger charge is -2.27. The van der Waals surface area contributed by atoms with Crippen molar-refractivity contribution in [2.24, 2.45) is 0 Å². The number of H-pyrrole nitrogens is 1. The predicted molar refractivity (Wildman–Crippen MR) is 79.4 cm³/mol. The molecule has 0 unspecified atom stereocenters. The number of hydrogen-bond acceptors (Lipinski definition) is 5. The molecule has 1 aliphatic heterocycles. The van der Waals surface area contributed by atoms with Crippen LogP contribution in [-0.4, -0.2) is 40.8 Å². The van der Waals surface area contributed by atoms with E-state index in [1.807, 2.05) is 13.8 Å². The fourth-order valence-corrected chi connectivity index (χ4v) is 2.94. The summed E-state index contributed by atoms with van der Waals surface area (Å²) in [5.41, 5.74) is 2.87. The summed E-state index contributed by atoms with van der Waals surface area (Å²) in [6.45, 7) is 7.04. The summed E-state index contributed by atoms with van der Waals surface area (Å²) in [5, 5.41) is 7.34. The third kappa shape index (κ3) is 2.21. The molecule has 114 valence electrons. The van der Waals surface area contributed by atoms with Crippen molar-refractivity contribution in [2.75, 3.05) is 6.54 Å². The lowest BCUT2D eigenvalue weighted by atomic mass is 10.2. The highest BCUT2D eigenvalue weighted by molar-refractivity contribution is 5.27. The Morgan fingerprint density at radius 3 is 2.95 bits per heavy atom. The van der Waals surface area contributed by atoms with Gasteiger partial charge in [-0.25, -0.2) is 4.98 Å². The van der Waals surface area contributed by atoms with Crippen LogP contribution in [-0.2, 0) is 19.6 Å². The molecule has 4 rings (SSSR count). The molecule has 0 aromatic carbocycles. The summed E-state index contributed by atoms with van der Waals surface area (Å²) >= 11 is 0. The summed E-state index contributed by atoms with van der Waals surface area (Å²) in [6, 6.07) is 3.68. The fourth-order valence-electron chi connectivity index (χ4n) is 2.94. The topological polar surface area (TPSA) is 84.1 Å². The van der Waals surface area contributed by atoms with Crippen LogP contribution in [0.3, 0.4) is 0 Å². The van der Waals surface area contributed by atoms with Crippen molar-refractivity contribution in [1.29, 1.82) is 0 Å². The van der Waals surface area contributed by atoms with Crippen molar-refractivity contribution in [3.05, 3.63) is 45.4 Å². The molecular weight excluding hydrogens is 282 g/mol. The zero-order chi connectivity index (χ0) is 15.3. The molecular formula is C14H17N7O. The van der Waals surface area contributed by atoms with E-state index in [1.165, 1.54) is 10.2 Å². The van der Waals surface area contributed by atoms with E-state index in [9.17, 15) is 4.79 Å². The monoisotopic (exact) mass is 299 g/mol. The minimum Gasteiger partial charge on any atom is -0.290 e. The quantitative estimate of drug-likeness (QED) is 0.733. The average molecular weight is 299 g/mol. The van der Waals surface area contributed by atoms with Gasteiger partial charge in [-0.05, 0) is 19.9 Å². The second-order valence-corrected chi connectivity index (χ2v) is 5.74. The van der Waals surface area contributed by atoms with Gasteiger partial charge in [-0.2, -0.15) is 14.6 Å². The first-order chi connectivity index (χ1) is 10.6. The molecule has 1 N–H and O–H groups in total. The van der Waals surface area contributed by atoms with Crippen LogP contribution in [0.4, 0.5) is 0 Å². The Morgan fingerprint density at radius 2 is 2.09 bits per heavy atom. The van der Waals surface area contributed by atoms with E-state index < -0.39 is 0 Å². The van der Waals surface area contributed by atoms with Crippen LogP contribution >= 0.6 is 0 Å². The van der Waals surface area contributed by atoms with Crippen LogP contribution in [0.25, 0.3) is 5.78 Å². The van der Waals surface area contributed by atoms with Gasteiger partial charge in [0.15, 0.2) is 0 Å². The lowest BCUT2D eigenvalue weighted by Crippen LogP contribution is -2.34. The highest BCUT2D eigenvalue weighted by Gasteiger charge is 2.18. The number of aryl methyl sites for hydroxylation is 2. The second-order valence-electron chi connectivity index (χ2n) is 5.74. The van der Waals surface area contributed by atoms with E-state index in [0.29, 0.717) is 18.1 Å². The number of rotatable bonds is 2. The van der Waals surface area contributed by atoms with E-state index >= 15 is 0 Å². The van der Waals surface area contributed by atoms with Gasteiger partial charge < -0.3 is 0 Å². The number of aromatic amines is 1. The zero-order valence-electron chi connectivity index (χ0n) is 12.6. The first-order valence-electron chi connectivity index (χ1n) is 7.29. The number of aromatic nitrogens is 6. The molecule has 0 atom stereocenters. The SMILES string of the molecule is Cc1cc2n(n1)CCN(Cc1cc(=O)n3[nH]c(C)nc3n1)C2. The Morgan fingerprint density at radius 1 is 1.23 bits per heavy atom. The summed E-state index contributed by atoms with van der Waals surface area (Å²) in [7, 11) is 0. The molecule has 0 spiro atoms. The minimum absolute atomic E-state index is 0.126. The Bertz CT molecular complexity index is 904. The van der Waals surface area contributed by atoms with Gasteiger partial charge in [0.05, 0.1) is 23.6 Å². The molecule has 1 aliphatic rings. The van der Waals surface area contributed by atoms with Gasteiger partial charge in [0.25, 0.3) is 11.3 Å². The average Bonchev–Trinajstić information content (AvgIpc) is 3.00. The van der Waals surface area contributed by atoms with Crippen molar-refractivity contribution >= 4 is 5.78 Å². The highest BCUT2D eigenvalue weighted by atomic mass is 16.1. The molecule has 0 fully saturated rings. The maximum Gasteiger partial charge on any atom is 0.274 e. The smallest absolute Gasteiger partial charge is 0.274 e. The Hall–Kier alpha value is -2.48. The van der Waals surface area contributed by atoms with Gasteiger partial charge in [0.2, 0.25) is 0 Å². The van der Waals surface area contributed by atoms with Crippen molar-refractivity contribution in [3.63, 3.8) is 0 Å². The summed E-state index contributed by atoms with van der Waals surface area (Å²) < 4.78 is 3.42. The molecule has 0 radical (unpaired) electrons. The largest absolute Gasteiger partial charge is 0.290 e. The predicted octanol–water partition coefficient (Wildman–Crippen LogP) is 0.247. The van der Waals surface area contributed by atoms with Gasteiger partial charge in [-0.15, -0.1) is 0 Å². The molecule has 22 heavy (non-hydrogen) atoms. The van der Waals surface area contributed by atoms with Gasteiger partial charge in [-0.1, -0.05) is 0 Å². The first-order valence-corrected chi connectivity index (χ1v) is 7.29. The minimum atomic E-state index is -0.126. The van der Waals surface area contributed by atoms with Gasteiger partial charge in [-0.3, -0.25) is 19.5 Å². The van der Waals surface area contributed by atoms with E-state index in [0.717, 1.165) is 31.0 Å². The number of nitrogens with one attached hydrogen (secondary N) is 1. The third-order valence-electron chi connectivity index (χ3n) is 3.88. The van der Waals surface area contributed by atoms with Crippen LogP contribution in [0.15, 0.2) is 16.9 Å². The first kappa shape index (κ1) is 13.2. The zero-order valence-corrected chi connectivity index (χ0v) is 12.6. The maximum absolute atomic E-state index is 12.1. The van der Waals surface area contributed by atoms with Crippen molar-refractivity contribution in [1.82, 2.24) is 34.3 Å². The molecule has 8 heteroatoms. The van der Waals surface area contributed by atoms with Crippen LogP contribution in [0.2, 0.25) is 0 Å². The van der Waals surface area contributed by atoms with E-state index in [1.54, 1.807) is 6.07 Å². The Kier molecular flexibility index (Phi) is 2.86. The van der Waals surface area contributed by atoms with Crippen LogP contribution < -0.4 is 5.56 Å². The van der Waals surface area contributed by atoms with Crippen LogP contribution in [0.5, 0.6) is 0 Å². The second kappa shape index (κ2) is 4.77. The molecule has 0 saturated heterocycles. The molecule has 3 aromatic heterocycles. The number of nitrogens with zero attached hydrogens (tertiary/aromatic N) is 6. The Labute approximate surface area is 126 Å². The highest BCUT2D eigenvalue weighted by Crippen LogP contribution is 2.15. The van der Waals surface area contributed by atoms with Crippen molar-refractivity contribution in [2.45, 2.75) is 33.5 Å². The fraction of sp³-hybridized carbons (Fsp3) is 0.429. The summed E-state index contributed by atoms with van der Waals surface area (Å²) in [4.78, 5) is 23.0. The Balaban J connectivity index is 1.60.